The number of hydrogen-bond donors (Lipinski definition) is 0. The van der Waals surface area contributed by atoms with Crippen LogP contribution < -0.4 is 0 Å². The van der Waals surface area contributed by atoms with E-state index in [9.17, 15) is 0 Å². The highest BCUT2D eigenvalue weighted by atomic mass is 15.0. The molecular weight excluding hydrogens is 182 g/mol. The summed E-state index contributed by atoms with van der Waals surface area (Å²) in [6.45, 7) is -2.75. The standard InChI is InChI=1S/C14H31N/c1-4-5-6-7-8-9-10-11-12-13-14-15(2)3/h4-14H2,1-3H3/i2D3,3D3. The average molecular weight is 219 g/mol. The second-order valence-electron chi connectivity index (χ2n) is 4.33. The summed E-state index contributed by atoms with van der Waals surface area (Å²) in [5, 5.41) is 0. The van der Waals surface area contributed by atoms with Gasteiger partial charge in [-0.2, -0.15) is 0 Å². The third-order valence-electron chi connectivity index (χ3n) is 2.74. The predicted molar refractivity (Wildman–Crippen MR) is 70.4 cm³/mol. The van der Waals surface area contributed by atoms with E-state index in [-0.39, 0.29) is 6.54 Å². The minimum atomic E-state index is -2.54. The fraction of sp³-hybridized carbons (Fsp3) is 1.00. The summed E-state index contributed by atoms with van der Waals surface area (Å²) in [4.78, 5) is 0.657. The van der Waals surface area contributed by atoms with Crippen LogP contribution in [-0.2, 0) is 0 Å². The van der Waals surface area contributed by atoms with Gasteiger partial charge in [-0.3, -0.25) is 0 Å². The molecule has 0 aromatic heterocycles. The molecule has 0 heterocycles. The van der Waals surface area contributed by atoms with E-state index in [1.54, 1.807) is 0 Å². The van der Waals surface area contributed by atoms with Gasteiger partial charge in [-0.05, 0) is 26.9 Å². The number of unbranched alkanes of at least 4 members (excludes halogenated alkanes) is 9. The van der Waals surface area contributed by atoms with E-state index < -0.39 is 14.0 Å². The Hall–Kier alpha value is -0.0400. The molecule has 0 unspecified atom stereocenters. The molecular formula is C14H31N. The highest BCUT2D eigenvalue weighted by Crippen LogP contribution is 2.10. The third kappa shape index (κ3) is 14.0. The minimum absolute atomic E-state index is 0.115. The van der Waals surface area contributed by atoms with Crippen molar-refractivity contribution in [2.75, 3.05) is 20.5 Å². The van der Waals surface area contributed by atoms with Crippen LogP contribution in [-0.4, -0.2) is 25.4 Å². The molecule has 0 bridgehead atoms. The van der Waals surface area contributed by atoms with E-state index in [2.05, 4.69) is 6.92 Å². The molecule has 0 aromatic carbocycles. The first-order valence-electron chi connectivity index (χ1n) is 9.47. The van der Waals surface area contributed by atoms with Crippen LogP contribution in [0.3, 0.4) is 0 Å². The van der Waals surface area contributed by atoms with Crippen molar-refractivity contribution in [2.45, 2.75) is 71.1 Å². The summed E-state index contributed by atoms with van der Waals surface area (Å²) in [5.74, 6) is 0. The molecule has 0 amide bonds. The first-order valence-corrected chi connectivity index (χ1v) is 6.47. The van der Waals surface area contributed by atoms with Gasteiger partial charge in [-0.15, -0.1) is 0 Å². The zero-order valence-electron chi connectivity index (χ0n) is 16.2. The molecule has 0 radical (unpaired) electrons. The van der Waals surface area contributed by atoms with Crippen LogP contribution in [0.2, 0.25) is 0 Å². The maximum atomic E-state index is 7.27. The Labute approximate surface area is 106 Å². The second kappa shape index (κ2) is 12.0. The maximum absolute atomic E-state index is 7.27. The fourth-order valence-electron chi connectivity index (χ4n) is 1.76. The van der Waals surface area contributed by atoms with E-state index in [4.69, 9.17) is 8.22 Å². The molecule has 1 heteroatoms. The third-order valence-corrected chi connectivity index (χ3v) is 2.74. The molecule has 0 aliphatic heterocycles. The zero-order valence-corrected chi connectivity index (χ0v) is 10.2. The van der Waals surface area contributed by atoms with Crippen LogP contribution in [0.25, 0.3) is 0 Å². The Morgan fingerprint density at radius 3 is 1.67 bits per heavy atom. The molecule has 0 aliphatic carbocycles. The molecule has 0 aliphatic rings. The maximum Gasteiger partial charge on any atom is 0.0394 e. The molecule has 0 fully saturated rings. The highest BCUT2D eigenvalue weighted by Gasteiger charge is 1.93. The molecule has 1 nitrogen and oxygen atoms in total. The summed E-state index contributed by atoms with van der Waals surface area (Å²) in [5.41, 5.74) is 0. The van der Waals surface area contributed by atoms with E-state index in [1.165, 1.54) is 38.5 Å². The van der Waals surface area contributed by atoms with Crippen molar-refractivity contribution < 1.29 is 8.22 Å². The summed E-state index contributed by atoms with van der Waals surface area (Å²) in [7, 11) is 0. The molecule has 0 saturated heterocycles. The largest absolute Gasteiger partial charge is 0.309 e. The first kappa shape index (κ1) is 7.32. The lowest BCUT2D eigenvalue weighted by Gasteiger charge is -2.08. The van der Waals surface area contributed by atoms with Gasteiger partial charge in [0.1, 0.15) is 0 Å². The average Bonchev–Trinajstić information content (AvgIpc) is 2.32. The summed E-state index contributed by atoms with van der Waals surface area (Å²) < 4.78 is 43.6. The predicted octanol–water partition coefficient (Wildman–Crippen LogP) is 4.47. The monoisotopic (exact) mass is 219 g/mol. The molecule has 15 heavy (non-hydrogen) atoms. The van der Waals surface area contributed by atoms with Crippen LogP contribution in [0.15, 0.2) is 0 Å². The lowest BCUT2D eigenvalue weighted by molar-refractivity contribution is 0.389. The Morgan fingerprint density at radius 2 is 1.20 bits per heavy atom. The summed E-state index contributed by atoms with van der Waals surface area (Å²) >= 11 is 0. The van der Waals surface area contributed by atoms with E-state index in [0.29, 0.717) is 11.3 Å². The van der Waals surface area contributed by atoms with Gasteiger partial charge in [0, 0.05) is 8.22 Å². The van der Waals surface area contributed by atoms with E-state index in [1.807, 2.05) is 0 Å². The number of nitrogens with zero attached hydrogens (tertiary/aromatic N) is 1. The van der Waals surface area contributed by atoms with Crippen molar-refractivity contribution in [3.8, 4) is 0 Å². The van der Waals surface area contributed by atoms with Crippen molar-refractivity contribution in [2.24, 2.45) is 0 Å². The second-order valence-corrected chi connectivity index (χ2v) is 4.33. The zero-order chi connectivity index (χ0) is 16.4. The topological polar surface area (TPSA) is 3.24 Å². The van der Waals surface area contributed by atoms with Gasteiger partial charge >= 0.3 is 0 Å². The van der Waals surface area contributed by atoms with Gasteiger partial charge < -0.3 is 4.90 Å². The van der Waals surface area contributed by atoms with Crippen molar-refractivity contribution in [1.82, 2.24) is 4.90 Å². The van der Waals surface area contributed by atoms with Crippen LogP contribution in [0.1, 0.15) is 79.4 Å². The smallest absolute Gasteiger partial charge is 0.0394 e. The molecule has 0 N–H and O–H groups in total. The molecule has 92 valence electrons. The molecule has 0 atom stereocenters. The van der Waals surface area contributed by atoms with E-state index in [0.717, 1.165) is 19.3 Å². The molecule has 0 rings (SSSR count). The van der Waals surface area contributed by atoms with Crippen molar-refractivity contribution in [3.05, 3.63) is 0 Å². The van der Waals surface area contributed by atoms with Gasteiger partial charge in [0.25, 0.3) is 0 Å². The Bertz CT molecular complexity index is 235. The Balaban J connectivity index is 3.65. The molecule has 0 spiro atoms. The van der Waals surface area contributed by atoms with Gasteiger partial charge in [0.2, 0.25) is 0 Å². The first-order chi connectivity index (χ1) is 9.69. The highest BCUT2D eigenvalue weighted by molar-refractivity contribution is 4.49. The van der Waals surface area contributed by atoms with Crippen LogP contribution in [0.5, 0.6) is 0 Å². The van der Waals surface area contributed by atoms with Crippen molar-refractivity contribution in [1.29, 1.82) is 0 Å². The fourth-order valence-corrected chi connectivity index (χ4v) is 1.76. The van der Waals surface area contributed by atoms with Gasteiger partial charge in [0.15, 0.2) is 0 Å². The van der Waals surface area contributed by atoms with Crippen LogP contribution in [0, 0.1) is 0 Å². The van der Waals surface area contributed by atoms with Gasteiger partial charge in [-0.1, -0.05) is 64.7 Å². The number of rotatable bonds is 11. The lowest BCUT2D eigenvalue weighted by Crippen LogP contribution is -2.12. The normalized spacial score (nSPS) is 18.8. The Kier molecular flexibility index (Phi) is 5.87. The minimum Gasteiger partial charge on any atom is -0.309 e. The van der Waals surface area contributed by atoms with E-state index >= 15 is 0 Å². The lowest BCUT2D eigenvalue weighted by atomic mass is 10.1. The van der Waals surface area contributed by atoms with Crippen molar-refractivity contribution >= 4 is 0 Å². The van der Waals surface area contributed by atoms with Crippen LogP contribution >= 0.6 is 0 Å². The number of hydrogen-bond acceptors (Lipinski definition) is 1. The SMILES string of the molecule is [2H]C([2H])([2H])N(CCCCCCCCCCCC)C([2H])([2H])[2H]. The van der Waals surface area contributed by atoms with Crippen molar-refractivity contribution in [3.63, 3.8) is 0 Å². The molecule has 0 aromatic rings. The Morgan fingerprint density at radius 1 is 0.733 bits per heavy atom. The van der Waals surface area contributed by atoms with Crippen LogP contribution in [0.4, 0.5) is 0 Å². The quantitative estimate of drug-likeness (QED) is 0.463. The molecule has 0 saturated carbocycles. The van der Waals surface area contributed by atoms with Gasteiger partial charge in [-0.25, -0.2) is 0 Å². The summed E-state index contributed by atoms with van der Waals surface area (Å²) in [6.07, 6.45) is 11.5. The summed E-state index contributed by atoms with van der Waals surface area (Å²) in [6, 6.07) is 0. The van der Waals surface area contributed by atoms with Gasteiger partial charge in [0.05, 0.1) is 0 Å².